The van der Waals surface area contributed by atoms with Crippen molar-refractivity contribution in [2.24, 2.45) is 0 Å². The quantitative estimate of drug-likeness (QED) is 0.326. The molecule has 1 aromatic carbocycles. The van der Waals surface area contributed by atoms with Crippen molar-refractivity contribution in [2.45, 2.75) is 63.8 Å². The van der Waals surface area contributed by atoms with E-state index in [2.05, 4.69) is 5.92 Å². The van der Waals surface area contributed by atoms with Gasteiger partial charge in [0.1, 0.15) is 36.9 Å². The molecule has 2 heterocycles. The van der Waals surface area contributed by atoms with Crippen molar-refractivity contribution in [3.63, 3.8) is 0 Å². The van der Waals surface area contributed by atoms with Crippen molar-refractivity contribution >= 4 is 17.9 Å². The van der Waals surface area contributed by atoms with Gasteiger partial charge in [-0.15, -0.1) is 6.42 Å². The van der Waals surface area contributed by atoms with E-state index >= 15 is 0 Å². The summed E-state index contributed by atoms with van der Waals surface area (Å²) in [5.41, 5.74) is 0.870. The molecular weight excluding hydrogens is 448 g/mol. The number of carbonyl (C=O) groups is 3. The maximum Gasteiger partial charge on any atom is 0.303 e. The molecule has 0 aliphatic carbocycles. The SMILES string of the molecule is C#CCO[C@H]1[C@@H](OC(C)=O)[C@@H](COC(C)=O)O[C@@]2(CCc3cc(OC)ccc3O2)[C@@H]1OC(C)=O. The van der Waals surface area contributed by atoms with Crippen LogP contribution in [0.1, 0.15) is 32.8 Å². The third kappa shape index (κ3) is 5.61. The first-order valence-corrected chi connectivity index (χ1v) is 10.8. The molecule has 10 heteroatoms. The smallest absolute Gasteiger partial charge is 0.303 e. The molecule has 0 radical (unpaired) electrons. The van der Waals surface area contributed by atoms with E-state index < -0.39 is 48.1 Å². The summed E-state index contributed by atoms with van der Waals surface area (Å²) in [7, 11) is 1.57. The van der Waals surface area contributed by atoms with Crippen LogP contribution in [-0.2, 0) is 44.5 Å². The van der Waals surface area contributed by atoms with E-state index in [1.807, 2.05) is 6.07 Å². The molecule has 3 rings (SSSR count). The third-order valence-corrected chi connectivity index (χ3v) is 5.47. The number of methoxy groups -OCH3 is 1. The van der Waals surface area contributed by atoms with Gasteiger partial charge >= 0.3 is 17.9 Å². The van der Waals surface area contributed by atoms with Gasteiger partial charge in [0.15, 0.2) is 12.2 Å². The summed E-state index contributed by atoms with van der Waals surface area (Å²) in [6.45, 7) is 3.28. The highest BCUT2D eigenvalue weighted by molar-refractivity contribution is 5.67. The van der Waals surface area contributed by atoms with Crippen LogP contribution >= 0.6 is 0 Å². The first-order chi connectivity index (χ1) is 16.2. The Morgan fingerprint density at radius 1 is 1.12 bits per heavy atom. The monoisotopic (exact) mass is 476 g/mol. The zero-order valence-corrected chi connectivity index (χ0v) is 19.5. The number of carbonyl (C=O) groups excluding carboxylic acids is 3. The fraction of sp³-hybridized carbons (Fsp3) is 0.542. The Kier molecular flexibility index (Phi) is 8.02. The first kappa shape index (κ1) is 25.3. The summed E-state index contributed by atoms with van der Waals surface area (Å²) in [6, 6.07) is 5.29. The zero-order valence-electron chi connectivity index (χ0n) is 19.5. The molecule has 34 heavy (non-hydrogen) atoms. The maximum absolute atomic E-state index is 12.1. The summed E-state index contributed by atoms with van der Waals surface area (Å²) in [6.07, 6.45) is 1.86. The van der Waals surface area contributed by atoms with Gasteiger partial charge in [0.2, 0.25) is 0 Å². The summed E-state index contributed by atoms with van der Waals surface area (Å²) >= 11 is 0. The van der Waals surface area contributed by atoms with Crippen LogP contribution in [0.5, 0.6) is 11.5 Å². The second-order valence-electron chi connectivity index (χ2n) is 7.93. The molecule has 0 amide bonds. The number of esters is 3. The average Bonchev–Trinajstić information content (AvgIpc) is 2.78. The summed E-state index contributed by atoms with van der Waals surface area (Å²) in [5.74, 6) is 0.205. The van der Waals surface area contributed by atoms with E-state index in [0.717, 1.165) is 5.56 Å². The lowest BCUT2D eigenvalue weighted by atomic mass is 9.86. The molecule has 0 N–H and O–H groups in total. The summed E-state index contributed by atoms with van der Waals surface area (Å²) < 4.78 is 40.0. The van der Waals surface area contributed by atoms with Crippen LogP contribution < -0.4 is 9.47 Å². The normalized spacial score (nSPS) is 27.5. The summed E-state index contributed by atoms with van der Waals surface area (Å²) in [5, 5.41) is 0. The van der Waals surface area contributed by atoms with Gasteiger partial charge in [0.25, 0.3) is 5.79 Å². The number of hydrogen-bond donors (Lipinski definition) is 0. The maximum atomic E-state index is 12.1. The number of terminal acetylenes is 1. The molecule has 2 aliphatic heterocycles. The first-order valence-electron chi connectivity index (χ1n) is 10.8. The molecule has 0 saturated carbocycles. The lowest BCUT2D eigenvalue weighted by Crippen LogP contribution is -2.70. The van der Waals surface area contributed by atoms with Gasteiger partial charge in [-0.05, 0) is 30.2 Å². The van der Waals surface area contributed by atoms with Gasteiger partial charge in [-0.1, -0.05) is 5.92 Å². The van der Waals surface area contributed by atoms with E-state index in [-0.39, 0.29) is 19.6 Å². The van der Waals surface area contributed by atoms with Crippen molar-refractivity contribution in [3.8, 4) is 23.8 Å². The van der Waals surface area contributed by atoms with E-state index in [4.69, 9.17) is 39.6 Å². The van der Waals surface area contributed by atoms with E-state index in [0.29, 0.717) is 17.9 Å². The molecule has 10 nitrogen and oxygen atoms in total. The second-order valence-corrected chi connectivity index (χ2v) is 7.93. The van der Waals surface area contributed by atoms with Crippen LogP contribution in [0.25, 0.3) is 0 Å². The lowest BCUT2D eigenvalue weighted by Gasteiger charge is -2.52. The molecule has 1 saturated heterocycles. The average molecular weight is 476 g/mol. The van der Waals surface area contributed by atoms with Crippen molar-refractivity contribution < 1.29 is 47.5 Å². The topological polar surface area (TPSA) is 116 Å². The van der Waals surface area contributed by atoms with E-state index in [9.17, 15) is 14.4 Å². The Morgan fingerprint density at radius 2 is 1.85 bits per heavy atom. The fourth-order valence-electron chi connectivity index (χ4n) is 4.16. The standard InChI is InChI=1S/C24H28O10/c1-6-11-29-22-21(31-15(3)26)20(13-30-14(2)25)34-24(23(22)32-16(4)27)10-9-17-12-18(28-5)7-8-19(17)33-24/h1,7-8,12,20-23H,9-11,13H2,2-5H3/t20-,21+,22+,23-,24+/m1/s1. The molecule has 0 bridgehead atoms. The minimum atomic E-state index is -1.52. The van der Waals surface area contributed by atoms with Crippen molar-refractivity contribution in [1.82, 2.24) is 0 Å². The number of hydrogen-bond acceptors (Lipinski definition) is 10. The van der Waals surface area contributed by atoms with Crippen molar-refractivity contribution in [3.05, 3.63) is 23.8 Å². The highest BCUT2D eigenvalue weighted by Crippen LogP contribution is 2.44. The van der Waals surface area contributed by atoms with Crippen LogP contribution in [0.2, 0.25) is 0 Å². The minimum absolute atomic E-state index is 0.162. The molecule has 1 spiro atoms. The molecule has 184 valence electrons. The molecule has 5 atom stereocenters. The highest BCUT2D eigenvalue weighted by Gasteiger charge is 2.61. The van der Waals surface area contributed by atoms with Crippen LogP contribution in [0.4, 0.5) is 0 Å². The molecule has 1 fully saturated rings. The largest absolute Gasteiger partial charge is 0.497 e. The van der Waals surface area contributed by atoms with Crippen molar-refractivity contribution in [2.75, 3.05) is 20.3 Å². The summed E-state index contributed by atoms with van der Waals surface area (Å²) in [4.78, 5) is 35.5. The van der Waals surface area contributed by atoms with Gasteiger partial charge in [0.05, 0.1) is 7.11 Å². The Labute approximate surface area is 197 Å². The molecule has 0 unspecified atom stereocenters. The van der Waals surface area contributed by atoms with Crippen LogP contribution in [-0.4, -0.2) is 68.4 Å². The highest BCUT2D eigenvalue weighted by atomic mass is 16.8. The Morgan fingerprint density at radius 3 is 2.47 bits per heavy atom. The van der Waals surface area contributed by atoms with Crippen LogP contribution in [0.15, 0.2) is 18.2 Å². The molecule has 0 aromatic heterocycles. The predicted octanol–water partition coefficient (Wildman–Crippen LogP) is 1.56. The molecule has 1 aromatic rings. The second kappa shape index (κ2) is 10.8. The number of benzene rings is 1. The molecular formula is C24H28O10. The van der Waals surface area contributed by atoms with E-state index in [1.165, 1.54) is 20.8 Å². The number of aryl methyl sites for hydroxylation is 1. The molecule has 2 aliphatic rings. The number of rotatable bonds is 7. The van der Waals surface area contributed by atoms with E-state index in [1.54, 1.807) is 19.2 Å². The third-order valence-electron chi connectivity index (χ3n) is 5.47. The minimum Gasteiger partial charge on any atom is -0.497 e. The zero-order chi connectivity index (χ0) is 24.9. The lowest BCUT2D eigenvalue weighted by molar-refractivity contribution is -0.348. The van der Waals surface area contributed by atoms with Crippen LogP contribution in [0, 0.1) is 12.3 Å². The predicted molar refractivity (Wildman–Crippen MR) is 116 cm³/mol. The Hall–Kier alpha value is -3.29. The Bertz CT molecular complexity index is 967. The number of fused-ring (bicyclic) bond motifs is 1. The Balaban J connectivity index is 2.06. The van der Waals surface area contributed by atoms with Gasteiger partial charge in [-0.2, -0.15) is 0 Å². The van der Waals surface area contributed by atoms with Gasteiger partial charge in [-0.3, -0.25) is 14.4 Å². The van der Waals surface area contributed by atoms with Gasteiger partial charge in [0, 0.05) is 27.2 Å². The van der Waals surface area contributed by atoms with Crippen molar-refractivity contribution in [1.29, 1.82) is 0 Å². The number of ether oxygens (including phenoxy) is 7. The fourth-order valence-corrected chi connectivity index (χ4v) is 4.16. The van der Waals surface area contributed by atoms with Gasteiger partial charge < -0.3 is 33.2 Å². The van der Waals surface area contributed by atoms with Gasteiger partial charge in [-0.25, -0.2) is 0 Å². The van der Waals surface area contributed by atoms with Crippen LogP contribution in [0.3, 0.4) is 0 Å².